The van der Waals surface area contributed by atoms with Gasteiger partial charge in [0, 0.05) is 20.0 Å². The zero-order chi connectivity index (χ0) is 11.5. The Hall–Kier alpha value is -1.43. The van der Waals surface area contributed by atoms with E-state index in [0.717, 1.165) is 5.82 Å². The third-order valence-corrected chi connectivity index (χ3v) is 2.02. The van der Waals surface area contributed by atoms with Gasteiger partial charge in [-0.15, -0.1) is 10.2 Å². The van der Waals surface area contributed by atoms with Gasteiger partial charge in [-0.05, 0) is 13.8 Å². The van der Waals surface area contributed by atoms with Crippen molar-refractivity contribution in [2.45, 2.75) is 25.8 Å². The molecule has 0 spiro atoms. The Labute approximate surface area is 88.9 Å². The van der Waals surface area contributed by atoms with Crippen molar-refractivity contribution < 1.29 is 4.79 Å². The summed E-state index contributed by atoms with van der Waals surface area (Å²) in [6.07, 6.45) is 2.28. The van der Waals surface area contributed by atoms with E-state index in [2.05, 4.69) is 15.5 Å². The van der Waals surface area contributed by atoms with Crippen LogP contribution in [0.15, 0.2) is 6.33 Å². The quantitative estimate of drug-likeness (QED) is 0.683. The molecule has 1 aromatic heterocycles. The summed E-state index contributed by atoms with van der Waals surface area (Å²) in [6, 6.07) is 0. The number of aromatic nitrogens is 3. The smallest absolute Gasteiger partial charge is 0.239 e. The van der Waals surface area contributed by atoms with Gasteiger partial charge < -0.3 is 15.6 Å². The second-order valence-corrected chi connectivity index (χ2v) is 4.09. The average Bonchev–Trinajstić information content (AvgIpc) is 2.50. The van der Waals surface area contributed by atoms with E-state index >= 15 is 0 Å². The van der Waals surface area contributed by atoms with Crippen LogP contribution < -0.4 is 11.1 Å². The number of hydrogen-bond acceptors (Lipinski definition) is 4. The highest BCUT2D eigenvalue weighted by Gasteiger charge is 2.20. The second kappa shape index (κ2) is 4.39. The van der Waals surface area contributed by atoms with E-state index in [1.165, 1.54) is 0 Å². The third-order valence-electron chi connectivity index (χ3n) is 2.02. The summed E-state index contributed by atoms with van der Waals surface area (Å²) in [5, 5.41) is 10.4. The fourth-order valence-corrected chi connectivity index (χ4v) is 1.05. The maximum Gasteiger partial charge on any atom is 0.239 e. The van der Waals surface area contributed by atoms with Crippen molar-refractivity contribution in [2.24, 2.45) is 12.8 Å². The molecular formula is C9H17N5O. The standard InChI is InChI=1S/C9H17N5O/c1-9(2,10)8(15)11-5-4-7-13-12-6-14(7)3/h6H,4-5,10H2,1-3H3,(H,11,15). The van der Waals surface area contributed by atoms with E-state index in [-0.39, 0.29) is 5.91 Å². The van der Waals surface area contributed by atoms with E-state index in [4.69, 9.17) is 5.73 Å². The summed E-state index contributed by atoms with van der Waals surface area (Å²) >= 11 is 0. The first-order chi connectivity index (χ1) is 6.91. The molecule has 84 valence electrons. The minimum Gasteiger partial charge on any atom is -0.354 e. The second-order valence-electron chi connectivity index (χ2n) is 4.09. The van der Waals surface area contributed by atoms with Gasteiger partial charge in [-0.2, -0.15) is 0 Å². The van der Waals surface area contributed by atoms with Crippen LogP contribution in [0.2, 0.25) is 0 Å². The molecular weight excluding hydrogens is 194 g/mol. The Morgan fingerprint density at radius 1 is 1.67 bits per heavy atom. The Morgan fingerprint density at radius 3 is 2.80 bits per heavy atom. The molecule has 0 aliphatic rings. The average molecular weight is 211 g/mol. The normalized spacial score (nSPS) is 11.5. The number of carbonyl (C=O) groups excluding carboxylic acids is 1. The van der Waals surface area contributed by atoms with Crippen LogP contribution in [0.5, 0.6) is 0 Å². The number of hydrogen-bond donors (Lipinski definition) is 2. The van der Waals surface area contributed by atoms with Crippen molar-refractivity contribution in [1.82, 2.24) is 20.1 Å². The number of carbonyl (C=O) groups is 1. The highest BCUT2D eigenvalue weighted by Crippen LogP contribution is 1.96. The number of nitrogens with two attached hydrogens (primary N) is 1. The topological polar surface area (TPSA) is 85.8 Å². The van der Waals surface area contributed by atoms with Gasteiger partial charge in [0.2, 0.25) is 5.91 Å². The van der Waals surface area contributed by atoms with E-state index < -0.39 is 5.54 Å². The maximum absolute atomic E-state index is 11.4. The molecule has 0 aromatic carbocycles. The molecule has 1 amide bonds. The zero-order valence-corrected chi connectivity index (χ0v) is 9.32. The maximum atomic E-state index is 11.4. The van der Waals surface area contributed by atoms with Gasteiger partial charge in [0.25, 0.3) is 0 Å². The molecule has 0 unspecified atom stereocenters. The van der Waals surface area contributed by atoms with Crippen LogP contribution in [0, 0.1) is 0 Å². The lowest BCUT2D eigenvalue weighted by molar-refractivity contribution is -0.125. The highest BCUT2D eigenvalue weighted by molar-refractivity contribution is 5.84. The lowest BCUT2D eigenvalue weighted by Crippen LogP contribution is -2.49. The van der Waals surface area contributed by atoms with Crippen molar-refractivity contribution in [3.8, 4) is 0 Å². The Balaban J connectivity index is 2.35. The summed E-state index contributed by atoms with van der Waals surface area (Å²) in [4.78, 5) is 11.4. The van der Waals surface area contributed by atoms with E-state index in [9.17, 15) is 4.79 Å². The molecule has 0 saturated carbocycles. The van der Waals surface area contributed by atoms with Crippen LogP contribution >= 0.6 is 0 Å². The van der Waals surface area contributed by atoms with Gasteiger partial charge in [0.05, 0.1) is 5.54 Å². The molecule has 0 atom stereocenters. The first kappa shape index (κ1) is 11.6. The van der Waals surface area contributed by atoms with Gasteiger partial charge >= 0.3 is 0 Å². The largest absolute Gasteiger partial charge is 0.354 e. The minimum absolute atomic E-state index is 0.162. The predicted molar refractivity (Wildman–Crippen MR) is 56.0 cm³/mol. The molecule has 0 fully saturated rings. The molecule has 6 nitrogen and oxygen atoms in total. The molecule has 15 heavy (non-hydrogen) atoms. The number of aryl methyl sites for hydroxylation is 1. The number of nitrogens with zero attached hydrogens (tertiary/aromatic N) is 3. The monoisotopic (exact) mass is 211 g/mol. The van der Waals surface area contributed by atoms with Crippen LogP contribution in [0.4, 0.5) is 0 Å². The Bertz CT molecular complexity index is 339. The molecule has 0 radical (unpaired) electrons. The predicted octanol–water partition coefficient (Wildman–Crippen LogP) is -0.789. The number of amides is 1. The molecule has 3 N–H and O–H groups in total. The third kappa shape index (κ3) is 3.32. The van der Waals surface area contributed by atoms with Gasteiger partial charge in [-0.25, -0.2) is 0 Å². The van der Waals surface area contributed by atoms with Gasteiger partial charge in [0.1, 0.15) is 12.2 Å². The lowest BCUT2D eigenvalue weighted by atomic mass is 10.1. The lowest BCUT2D eigenvalue weighted by Gasteiger charge is -2.17. The number of nitrogens with one attached hydrogen (secondary N) is 1. The number of rotatable bonds is 4. The van der Waals surface area contributed by atoms with Crippen molar-refractivity contribution in [3.63, 3.8) is 0 Å². The van der Waals surface area contributed by atoms with Crippen LogP contribution in [-0.4, -0.2) is 32.8 Å². The molecule has 0 aliphatic heterocycles. The fourth-order valence-electron chi connectivity index (χ4n) is 1.05. The van der Waals surface area contributed by atoms with Gasteiger partial charge in [0.15, 0.2) is 0 Å². The Morgan fingerprint density at radius 2 is 2.33 bits per heavy atom. The van der Waals surface area contributed by atoms with Gasteiger partial charge in [-0.3, -0.25) is 4.79 Å². The van der Waals surface area contributed by atoms with E-state index in [1.807, 2.05) is 11.6 Å². The van der Waals surface area contributed by atoms with Crippen LogP contribution in [0.1, 0.15) is 19.7 Å². The summed E-state index contributed by atoms with van der Waals surface area (Å²) < 4.78 is 1.82. The van der Waals surface area contributed by atoms with E-state index in [0.29, 0.717) is 13.0 Å². The van der Waals surface area contributed by atoms with Crippen molar-refractivity contribution in [1.29, 1.82) is 0 Å². The molecule has 0 bridgehead atoms. The fraction of sp³-hybridized carbons (Fsp3) is 0.667. The van der Waals surface area contributed by atoms with Crippen LogP contribution in [0.25, 0.3) is 0 Å². The molecule has 1 aromatic rings. The first-order valence-electron chi connectivity index (χ1n) is 4.81. The summed E-state index contributed by atoms with van der Waals surface area (Å²) in [5.74, 6) is 0.676. The SMILES string of the molecule is Cn1cnnc1CCNC(=O)C(C)(C)N. The molecule has 0 saturated heterocycles. The summed E-state index contributed by atoms with van der Waals surface area (Å²) in [5.41, 5.74) is 4.79. The van der Waals surface area contributed by atoms with Crippen molar-refractivity contribution in [3.05, 3.63) is 12.2 Å². The minimum atomic E-state index is -0.833. The van der Waals surface area contributed by atoms with Crippen molar-refractivity contribution >= 4 is 5.91 Å². The molecule has 1 rings (SSSR count). The van der Waals surface area contributed by atoms with E-state index in [1.54, 1.807) is 20.2 Å². The van der Waals surface area contributed by atoms with Gasteiger partial charge in [-0.1, -0.05) is 0 Å². The molecule has 0 aliphatic carbocycles. The zero-order valence-electron chi connectivity index (χ0n) is 9.32. The highest BCUT2D eigenvalue weighted by atomic mass is 16.2. The molecule has 1 heterocycles. The van der Waals surface area contributed by atoms with Crippen LogP contribution in [-0.2, 0) is 18.3 Å². The summed E-state index contributed by atoms with van der Waals surface area (Å²) in [7, 11) is 1.87. The van der Waals surface area contributed by atoms with Crippen LogP contribution in [0.3, 0.4) is 0 Å². The Kier molecular flexibility index (Phi) is 3.41. The first-order valence-corrected chi connectivity index (χ1v) is 4.81. The van der Waals surface area contributed by atoms with Crippen molar-refractivity contribution in [2.75, 3.05) is 6.54 Å². The summed E-state index contributed by atoms with van der Waals surface area (Å²) in [6.45, 7) is 3.86. The molecule has 6 heteroatoms.